The molecule has 0 fully saturated rings. The molecule has 0 aliphatic rings. The summed E-state index contributed by atoms with van der Waals surface area (Å²) in [6.45, 7) is 1.88. The third-order valence-electron chi connectivity index (χ3n) is 2.71. The molecule has 1 aromatic rings. The van der Waals surface area contributed by atoms with E-state index in [9.17, 15) is 18.0 Å². The number of carbonyl (C=O) groups excluding carboxylic acids is 1. The predicted octanol–water partition coefficient (Wildman–Crippen LogP) is 2.62. The first-order chi connectivity index (χ1) is 8.80. The van der Waals surface area contributed by atoms with Gasteiger partial charge in [-0.05, 0) is 30.5 Å². The van der Waals surface area contributed by atoms with Gasteiger partial charge in [0.1, 0.15) is 0 Å². The van der Waals surface area contributed by atoms with Crippen LogP contribution in [0, 0.1) is 0 Å². The number of halogens is 3. The first-order valence-corrected chi connectivity index (χ1v) is 5.98. The van der Waals surface area contributed by atoms with Crippen molar-refractivity contribution in [1.29, 1.82) is 0 Å². The Balaban J connectivity index is 2.57. The van der Waals surface area contributed by atoms with Crippen molar-refractivity contribution in [2.75, 3.05) is 6.54 Å². The number of hydrogen-bond donors (Lipinski definition) is 2. The van der Waals surface area contributed by atoms with Crippen molar-refractivity contribution in [3.63, 3.8) is 0 Å². The zero-order valence-corrected chi connectivity index (χ0v) is 10.6. The van der Waals surface area contributed by atoms with E-state index in [1.165, 1.54) is 13.0 Å². The Kier molecular flexibility index (Phi) is 5.35. The van der Waals surface area contributed by atoms with Crippen LogP contribution in [0.4, 0.5) is 13.2 Å². The van der Waals surface area contributed by atoms with Crippen LogP contribution in [0.3, 0.4) is 0 Å². The molecule has 1 aromatic carbocycles. The molecule has 1 rings (SSSR count). The molecule has 19 heavy (non-hydrogen) atoms. The van der Waals surface area contributed by atoms with Gasteiger partial charge in [0, 0.05) is 19.5 Å². The molecule has 106 valence electrons. The minimum absolute atomic E-state index is 0.132. The summed E-state index contributed by atoms with van der Waals surface area (Å²) >= 11 is 0. The summed E-state index contributed by atoms with van der Waals surface area (Å²) in [5.74, 6) is -0.132. The van der Waals surface area contributed by atoms with E-state index >= 15 is 0 Å². The van der Waals surface area contributed by atoms with E-state index in [-0.39, 0.29) is 5.91 Å². The highest BCUT2D eigenvalue weighted by molar-refractivity contribution is 5.72. The Morgan fingerprint density at radius 2 is 2.11 bits per heavy atom. The first-order valence-electron chi connectivity index (χ1n) is 5.98. The average molecular weight is 274 g/mol. The van der Waals surface area contributed by atoms with Gasteiger partial charge in [-0.3, -0.25) is 4.79 Å². The van der Waals surface area contributed by atoms with Crippen molar-refractivity contribution >= 4 is 5.91 Å². The highest BCUT2D eigenvalue weighted by atomic mass is 19.4. The highest BCUT2D eigenvalue weighted by Crippen LogP contribution is 2.30. The molecule has 0 saturated carbocycles. The standard InChI is InChI=1S/C13H17F3N2O/c1-9(19)18-7-3-6-12(17)10-4-2-5-11(8-10)13(14,15)16/h2,4-5,8,12H,3,6-7,17H2,1H3,(H,18,19). The Morgan fingerprint density at radius 1 is 1.42 bits per heavy atom. The van der Waals surface area contributed by atoms with Crippen LogP contribution in [-0.4, -0.2) is 12.5 Å². The lowest BCUT2D eigenvalue weighted by Gasteiger charge is -2.14. The second-order valence-corrected chi connectivity index (χ2v) is 4.35. The zero-order chi connectivity index (χ0) is 14.5. The summed E-state index contributed by atoms with van der Waals surface area (Å²) < 4.78 is 37.6. The van der Waals surface area contributed by atoms with Gasteiger partial charge in [-0.2, -0.15) is 13.2 Å². The summed E-state index contributed by atoms with van der Waals surface area (Å²) in [6, 6.07) is 4.57. The lowest BCUT2D eigenvalue weighted by molar-refractivity contribution is -0.137. The molecule has 0 saturated heterocycles. The monoisotopic (exact) mass is 274 g/mol. The van der Waals surface area contributed by atoms with Crippen molar-refractivity contribution in [1.82, 2.24) is 5.32 Å². The maximum atomic E-state index is 12.5. The molecule has 0 aromatic heterocycles. The predicted molar refractivity (Wildman–Crippen MR) is 66.3 cm³/mol. The van der Waals surface area contributed by atoms with Crippen LogP contribution < -0.4 is 11.1 Å². The van der Waals surface area contributed by atoms with Crippen molar-refractivity contribution in [2.45, 2.75) is 32.0 Å². The fourth-order valence-electron chi connectivity index (χ4n) is 1.70. The molecular formula is C13H17F3N2O. The van der Waals surface area contributed by atoms with Crippen molar-refractivity contribution in [3.05, 3.63) is 35.4 Å². The number of nitrogens with one attached hydrogen (secondary N) is 1. The van der Waals surface area contributed by atoms with E-state index in [1.807, 2.05) is 0 Å². The average Bonchev–Trinajstić information content (AvgIpc) is 2.33. The van der Waals surface area contributed by atoms with Crippen LogP contribution in [0.15, 0.2) is 24.3 Å². The van der Waals surface area contributed by atoms with Gasteiger partial charge < -0.3 is 11.1 Å². The van der Waals surface area contributed by atoms with Gasteiger partial charge in [0.15, 0.2) is 0 Å². The topological polar surface area (TPSA) is 55.1 Å². The van der Waals surface area contributed by atoms with Crippen molar-refractivity contribution < 1.29 is 18.0 Å². The molecule has 0 heterocycles. The summed E-state index contributed by atoms with van der Waals surface area (Å²) in [4.78, 5) is 10.6. The maximum Gasteiger partial charge on any atom is 0.416 e. The summed E-state index contributed by atoms with van der Waals surface area (Å²) in [6.07, 6.45) is -3.22. The summed E-state index contributed by atoms with van der Waals surface area (Å²) in [5, 5.41) is 2.61. The van der Waals surface area contributed by atoms with E-state index < -0.39 is 17.8 Å². The molecular weight excluding hydrogens is 257 g/mol. The van der Waals surface area contributed by atoms with E-state index in [0.29, 0.717) is 24.9 Å². The second kappa shape index (κ2) is 6.56. The number of alkyl halides is 3. The van der Waals surface area contributed by atoms with Gasteiger partial charge in [0.25, 0.3) is 0 Å². The van der Waals surface area contributed by atoms with Gasteiger partial charge in [-0.25, -0.2) is 0 Å². The Labute approximate surface area is 110 Å². The smallest absolute Gasteiger partial charge is 0.356 e. The summed E-state index contributed by atoms with van der Waals surface area (Å²) in [5.41, 5.74) is 5.61. The number of rotatable bonds is 5. The largest absolute Gasteiger partial charge is 0.416 e. The maximum absolute atomic E-state index is 12.5. The molecule has 3 N–H and O–H groups in total. The SMILES string of the molecule is CC(=O)NCCCC(N)c1cccc(C(F)(F)F)c1. The van der Waals surface area contributed by atoms with Crippen molar-refractivity contribution in [2.24, 2.45) is 5.73 Å². The van der Waals surface area contributed by atoms with E-state index in [2.05, 4.69) is 5.32 Å². The minimum Gasteiger partial charge on any atom is -0.356 e. The molecule has 0 spiro atoms. The van der Waals surface area contributed by atoms with Crippen LogP contribution in [0.2, 0.25) is 0 Å². The van der Waals surface area contributed by atoms with Gasteiger partial charge in [-0.15, -0.1) is 0 Å². The normalized spacial score (nSPS) is 13.1. The highest BCUT2D eigenvalue weighted by Gasteiger charge is 2.30. The Morgan fingerprint density at radius 3 is 2.68 bits per heavy atom. The second-order valence-electron chi connectivity index (χ2n) is 4.35. The Hall–Kier alpha value is -1.56. The van der Waals surface area contributed by atoms with Gasteiger partial charge in [0.2, 0.25) is 5.91 Å². The minimum atomic E-state index is -4.36. The molecule has 0 radical (unpaired) electrons. The van der Waals surface area contributed by atoms with Gasteiger partial charge in [-0.1, -0.05) is 12.1 Å². The number of benzene rings is 1. The fourth-order valence-corrected chi connectivity index (χ4v) is 1.70. The molecule has 3 nitrogen and oxygen atoms in total. The van der Waals surface area contributed by atoms with Gasteiger partial charge >= 0.3 is 6.18 Å². The molecule has 1 unspecified atom stereocenters. The number of amides is 1. The van der Waals surface area contributed by atoms with Crippen LogP contribution in [-0.2, 0) is 11.0 Å². The van der Waals surface area contributed by atoms with Crippen LogP contribution in [0.5, 0.6) is 0 Å². The lowest BCUT2D eigenvalue weighted by Crippen LogP contribution is -2.22. The number of nitrogens with two attached hydrogens (primary N) is 1. The van der Waals surface area contributed by atoms with E-state index in [0.717, 1.165) is 12.1 Å². The van der Waals surface area contributed by atoms with Crippen LogP contribution in [0.1, 0.15) is 36.9 Å². The number of hydrogen-bond acceptors (Lipinski definition) is 2. The van der Waals surface area contributed by atoms with Crippen molar-refractivity contribution in [3.8, 4) is 0 Å². The van der Waals surface area contributed by atoms with E-state index in [1.54, 1.807) is 6.07 Å². The summed E-state index contributed by atoms with van der Waals surface area (Å²) in [7, 11) is 0. The fraction of sp³-hybridized carbons (Fsp3) is 0.462. The molecule has 1 atom stereocenters. The molecule has 6 heteroatoms. The molecule has 0 bridgehead atoms. The van der Waals surface area contributed by atoms with Crippen LogP contribution >= 0.6 is 0 Å². The quantitative estimate of drug-likeness (QED) is 0.811. The van der Waals surface area contributed by atoms with E-state index in [4.69, 9.17) is 5.73 Å². The number of carbonyl (C=O) groups is 1. The Bertz CT molecular complexity index is 432. The van der Waals surface area contributed by atoms with Gasteiger partial charge in [0.05, 0.1) is 5.56 Å². The lowest BCUT2D eigenvalue weighted by atomic mass is 10.0. The molecule has 1 amide bonds. The third-order valence-corrected chi connectivity index (χ3v) is 2.71. The third kappa shape index (κ3) is 5.30. The molecule has 0 aliphatic carbocycles. The molecule has 0 aliphatic heterocycles. The first kappa shape index (κ1) is 15.5. The van der Waals surface area contributed by atoms with Crippen LogP contribution in [0.25, 0.3) is 0 Å². The zero-order valence-electron chi connectivity index (χ0n) is 10.6.